The number of ether oxygens (including phenoxy) is 2. The van der Waals surface area contributed by atoms with E-state index in [0.29, 0.717) is 6.29 Å². The summed E-state index contributed by atoms with van der Waals surface area (Å²) < 4.78 is 33.7. The first-order chi connectivity index (χ1) is 9.51. The van der Waals surface area contributed by atoms with Gasteiger partial charge in [-0.25, -0.2) is 0 Å². The summed E-state index contributed by atoms with van der Waals surface area (Å²) in [4.78, 5) is 22.2. The van der Waals surface area contributed by atoms with Gasteiger partial charge < -0.3 is 9.47 Å². The predicted octanol–water partition coefficient (Wildman–Crippen LogP) is 2.08. The number of esters is 1. The summed E-state index contributed by atoms with van der Waals surface area (Å²) in [6.45, 7) is -1.43. The van der Waals surface area contributed by atoms with Gasteiger partial charge in [-0.1, -0.05) is 0 Å². The molecule has 1 rings (SSSR count). The van der Waals surface area contributed by atoms with Gasteiger partial charge in [0, 0.05) is 11.1 Å². The number of carbonyl (C=O) groups is 2. The minimum Gasteiger partial charge on any atom is -0.466 e. The van der Waals surface area contributed by atoms with Gasteiger partial charge in [0.05, 0.1) is 18.6 Å². The first-order valence-electron chi connectivity index (χ1n) is 5.64. The topological polar surface area (TPSA) is 76.4 Å². The molecule has 20 heavy (non-hydrogen) atoms. The lowest BCUT2D eigenvalue weighted by molar-refractivity contribution is -0.142. The standard InChI is InChI=1S/C13H11F2NO4/c1-2-19-11(18)5-9-3-8(7-17)4-10(6-16)12(9)20-13(14)15/h3-4,7,13H,2,5H2,1H3. The van der Waals surface area contributed by atoms with E-state index in [-0.39, 0.29) is 29.7 Å². The Labute approximate surface area is 113 Å². The first-order valence-corrected chi connectivity index (χ1v) is 5.64. The SMILES string of the molecule is CCOC(=O)Cc1cc(C=O)cc(C#N)c1OC(F)F. The zero-order valence-electron chi connectivity index (χ0n) is 10.6. The van der Waals surface area contributed by atoms with Crippen LogP contribution in [0.3, 0.4) is 0 Å². The molecule has 0 unspecified atom stereocenters. The van der Waals surface area contributed by atoms with Crippen molar-refractivity contribution in [3.8, 4) is 11.8 Å². The largest absolute Gasteiger partial charge is 0.466 e. The fourth-order valence-corrected chi connectivity index (χ4v) is 1.59. The van der Waals surface area contributed by atoms with Crippen LogP contribution in [0.2, 0.25) is 0 Å². The van der Waals surface area contributed by atoms with E-state index >= 15 is 0 Å². The van der Waals surface area contributed by atoms with E-state index in [1.807, 2.05) is 0 Å². The van der Waals surface area contributed by atoms with Gasteiger partial charge in [-0.3, -0.25) is 9.59 Å². The lowest BCUT2D eigenvalue weighted by atomic mass is 10.0. The second-order valence-corrected chi connectivity index (χ2v) is 3.65. The number of nitriles is 1. The van der Waals surface area contributed by atoms with Crippen LogP contribution in [0.15, 0.2) is 12.1 Å². The van der Waals surface area contributed by atoms with Crippen LogP contribution in [0.25, 0.3) is 0 Å². The van der Waals surface area contributed by atoms with Gasteiger partial charge in [0.25, 0.3) is 0 Å². The number of benzene rings is 1. The molecule has 0 heterocycles. The van der Waals surface area contributed by atoms with Crippen molar-refractivity contribution in [1.82, 2.24) is 0 Å². The number of halogens is 2. The average molecular weight is 283 g/mol. The summed E-state index contributed by atoms with van der Waals surface area (Å²) in [5.41, 5.74) is -0.151. The number of hydrogen-bond donors (Lipinski definition) is 0. The molecule has 0 amide bonds. The van der Waals surface area contributed by atoms with Crippen molar-refractivity contribution < 1.29 is 27.8 Å². The van der Waals surface area contributed by atoms with Crippen LogP contribution in [-0.4, -0.2) is 25.5 Å². The number of nitrogens with zero attached hydrogens (tertiary/aromatic N) is 1. The van der Waals surface area contributed by atoms with Crippen molar-refractivity contribution in [2.75, 3.05) is 6.61 Å². The minimum atomic E-state index is -3.15. The minimum absolute atomic E-state index is 0.00454. The molecule has 0 fully saturated rings. The molecule has 5 nitrogen and oxygen atoms in total. The van der Waals surface area contributed by atoms with E-state index in [0.717, 1.165) is 6.07 Å². The lowest BCUT2D eigenvalue weighted by Crippen LogP contribution is -2.12. The highest BCUT2D eigenvalue weighted by molar-refractivity contribution is 5.80. The molecule has 0 radical (unpaired) electrons. The summed E-state index contributed by atoms with van der Waals surface area (Å²) in [6.07, 6.45) is 0.0773. The summed E-state index contributed by atoms with van der Waals surface area (Å²) >= 11 is 0. The second-order valence-electron chi connectivity index (χ2n) is 3.65. The Morgan fingerprint density at radius 1 is 1.50 bits per heavy atom. The maximum Gasteiger partial charge on any atom is 0.387 e. The second kappa shape index (κ2) is 7.19. The average Bonchev–Trinajstić information content (AvgIpc) is 2.40. The molecule has 1 aromatic rings. The molecule has 0 bridgehead atoms. The zero-order chi connectivity index (χ0) is 15.1. The molecule has 7 heteroatoms. The summed E-state index contributed by atoms with van der Waals surface area (Å²) in [5, 5.41) is 8.91. The third-order valence-electron chi connectivity index (χ3n) is 2.29. The first kappa shape index (κ1) is 15.6. The van der Waals surface area contributed by atoms with E-state index in [9.17, 15) is 18.4 Å². The monoisotopic (exact) mass is 283 g/mol. The molecule has 1 aromatic carbocycles. The Hall–Kier alpha value is -2.49. The zero-order valence-corrected chi connectivity index (χ0v) is 10.6. The Morgan fingerprint density at radius 3 is 2.70 bits per heavy atom. The van der Waals surface area contributed by atoms with Crippen molar-refractivity contribution in [2.24, 2.45) is 0 Å². The Bertz CT molecular complexity index is 552. The third-order valence-corrected chi connectivity index (χ3v) is 2.29. The van der Waals surface area contributed by atoms with Crippen LogP contribution in [0.1, 0.15) is 28.4 Å². The highest BCUT2D eigenvalue weighted by Gasteiger charge is 2.19. The molecule has 0 aromatic heterocycles. The number of hydrogen-bond acceptors (Lipinski definition) is 5. The van der Waals surface area contributed by atoms with Crippen LogP contribution in [0.4, 0.5) is 8.78 Å². The maximum atomic E-state index is 12.4. The fourth-order valence-electron chi connectivity index (χ4n) is 1.59. The summed E-state index contributed by atoms with van der Waals surface area (Å²) in [6, 6.07) is 3.97. The van der Waals surface area contributed by atoms with Gasteiger partial charge in [0.2, 0.25) is 0 Å². The van der Waals surface area contributed by atoms with Crippen LogP contribution in [0.5, 0.6) is 5.75 Å². The van der Waals surface area contributed by atoms with E-state index in [4.69, 9.17) is 10.00 Å². The van der Waals surface area contributed by atoms with Gasteiger partial charge in [-0.2, -0.15) is 14.0 Å². The van der Waals surface area contributed by atoms with Crippen LogP contribution >= 0.6 is 0 Å². The van der Waals surface area contributed by atoms with Gasteiger partial charge in [-0.05, 0) is 19.1 Å². The number of alkyl halides is 2. The highest BCUT2D eigenvalue weighted by Crippen LogP contribution is 2.27. The van der Waals surface area contributed by atoms with Crippen LogP contribution in [0, 0.1) is 11.3 Å². The quantitative estimate of drug-likeness (QED) is 0.590. The smallest absolute Gasteiger partial charge is 0.387 e. The highest BCUT2D eigenvalue weighted by atomic mass is 19.3. The fraction of sp³-hybridized carbons (Fsp3) is 0.308. The van der Waals surface area contributed by atoms with E-state index < -0.39 is 18.3 Å². The van der Waals surface area contributed by atoms with Gasteiger partial charge in [-0.15, -0.1) is 0 Å². The molecule has 106 valence electrons. The Kier molecular flexibility index (Phi) is 5.59. The van der Waals surface area contributed by atoms with Crippen molar-refractivity contribution >= 4 is 12.3 Å². The number of aldehydes is 1. The van der Waals surface area contributed by atoms with Crippen molar-refractivity contribution in [3.63, 3.8) is 0 Å². The van der Waals surface area contributed by atoms with E-state index in [1.54, 1.807) is 13.0 Å². The number of rotatable bonds is 6. The van der Waals surface area contributed by atoms with Crippen LogP contribution < -0.4 is 4.74 Å². The normalized spacial score (nSPS) is 9.95. The third kappa shape index (κ3) is 4.02. The molecule has 0 atom stereocenters. The van der Waals surface area contributed by atoms with Gasteiger partial charge >= 0.3 is 12.6 Å². The van der Waals surface area contributed by atoms with Crippen molar-refractivity contribution in [1.29, 1.82) is 5.26 Å². The van der Waals surface area contributed by atoms with Gasteiger partial charge in [0.1, 0.15) is 18.1 Å². The van der Waals surface area contributed by atoms with E-state index in [1.165, 1.54) is 6.07 Å². The number of carbonyl (C=O) groups excluding carboxylic acids is 2. The lowest BCUT2D eigenvalue weighted by Gasteiger charge is -2.12. The molecule has 0 aliphatic rings. The molecule has 0 spiro atoms. The molecule has 0 aliphatic heterocycles. The van der Waals surface area contributed by atoms with Crippen LogP contribution in [-0.2, 0) is 16.0 Å². The van der Waals surface area contributed by atoms with E-state index in [2.05, 4.69) is 4.74 Å². The summed E-state index contributed by atoms with van der Waals surface area (Å²) in [5.74, 6) is -1.08. The van der Waals surface area contributed by atoms with Gasteiger partial charge in [0.15, 0.2) is 0 Å². The molecular weight excluding hydrogens is 272 g/mol. The molecule has 0 N–H and O–H groups in total. The maximum absolute atomic E-state index is 12.4. The molecule has 0 aliphatic carbocycles. The summed E-state index contributed by atoms with van der Waals surface area (Å²) in [7, 11) is 0. The van der Waals surface area contributed by atoms with Crippen molar-refractivity contribution in [2.45, 2.75) is 20.0 Å². The predicted molar refractivity (Wildman–Crippen MR) is 63.5 cm³/mol. The van der Waals surface area contributed by atoms with Crippen molar-refractivity contribution in [3.05, 3.63) is 28.8 Å². The Balaban J connectivity index is 3.25. The Morgan fingerprint density at radius 2 is 2.20 bits per heavy atom. The molecule has 0 saturated heterocycles. The molecule has 0 saturated carbocycles. The molecular formula is C13H11F2NO4.